The third-order valence-corrected chi connectivity index (χ3v) is 5.75. The fourth-order valence-corrected chi connectivity index (χ4v) is 3.81. The molecule has 0 aliphatic carbocycles. The van der Waals surface area contributed by atoms with E-state index >= 15 is 0 Å². The maximum atomic E-state index is 13.2. The summed E-state index contributed by atoms with van der Waals surface area (Å²) in [6.07, 6.45) is 4.18. The zero-order valence-electron chi connectivity index (χ0n) is 19.3. The molecule has 7 nitrogen and oxygen atoms in total. The fourth-order valence-electron chi connectivity index (χ4n) is 3.45. The van der Waals surface area contributed by atoms with Gasteiger partial charge < -0.3 is 10.1 Å². The van der Waals surface area contributed by atoms with E-state index in [-0.39, 0.29) is 18.1 Å². The molecule has 1 aromatic heterocycles. The first-order valence-electron chi connectivity index (χ1n) is 11.4. The van der Waals surface area contributed by atoms with Gasteiger partial charge in [-0.15, -0.1) is 0 Å². The van der Waals surface area contributed by atoms with Gasteiger partial charge in [-0.05, 0) is 66.6 Å². The number of para-hydroxylation sites is 1. The van der Waals surface area contributed by atoms with E-state index in [9.17, 15) is 9.59 Å². The Labute approximate surface area is 211 Å². The number of unbranched alkanes of at least 4 members (excludes halogenated alkanes) is 1. The van der Waals surface area contributed by atoms with Gasteiger partial charge in [0.25, 0.3) is 11.5 Å². The zero-order chi connectivity index (χ0) is 24.6. The predicted octanol–water partition coefficient (Wildman–Crippen LogP) is 5.40. The van der Waals surface area contributed by atoms with Crippen LogP contribution in [-0.4, -0.2) is 28.4 Å². The molecule has 0 saturated heterocycles. The van der Waals surface area contributed by atoms with Gasteiger partial charge in [0, 0.05) is 16.6 Å². The molecular formula is C27H25BrN4O3. The molecule has 0 saturated carbocycles. The molecule has 0 unspecified atom stereocenters. The summed E-state index contributed by atoms with van der Waals surface area (Å²) in [5.41, 5.74) is 1.96. The number of hydrogen-bond acceptors (Lipinski definition) is 5. The molecule has 0 aliphatic heterocycles. The molecule has 4 aromatic rings. The Hall–Kier alpha value is -3.78. The van der Waals surface area contributed by atoms with Crippen LogP contribution in [0.5, 0.6) is 5.75 Å². The normalized spacial score (nSPS) is 11.1. The second-order valence-electron chi connectivity index (χ2n) is 7.93. The Morgan fingerprint density at radius 2 is 1.89 bits per heavy atom. The minimum absolute atomic E-state index is 0.100. The number of nitrogens with zero attached hydrogens (tertiary/aromatic N) is 3. The van der Waals surface area contributed by atoms with Gasteiger partial charge in [0.05, 0.1) is 17.1 Å². The number of hydrogen-bond donors (Lipinski definition) is 1. The molecule has 8 heteroatoms. The number of rotatable bonds is 9. The topological polar surface area (TPSA) is 85.6 Å². The molecular weight excluding hydrogens is 508 g/mol. The van der Waals surface area contributed by atoms with Crippen molar-refractivity contribution in [3.8, 4) is 5.75 Å². The Morgan fingerprint density at radius 3 is 2.63 bits per heavy atom. The standard InChI is InChI=1S/C27H25BrN4O3/c1-2-3-9-25-31-24-15-12-20(28)16-23(24)27(34)32(25)29-17-19-10-13-22(14-11-19)35-18-26(33)30-21-7-5-4-6-8-21/h4-8,10-17H,2-3,9,18H2,1H3,(H,30,33). The highest BCUT2D eigenvalue weighted by Gasteiger charge is 2.11. The second-order valence-corrected chi connectivity index (χ2v) is 8.84. The molecule has 0 bridgehead atoms. The highest BCUT2D eigenvalue weighted by molar-refractivity contribution is 9.10. The average Bonchev–Trinajstić information content (AvgIpc) is 2.87. The summed E-state index contributed by atoms with van der Waals surface area (Å²) in [5, 5.41) is 7.74. The largest absolute Gasteiger partial charge is 0.484 e. The number of amides is 1. The fraction of sp³-hybridized carbons (Fsp3) is 0.185. The van der Waals surface area contributed by atoms with E-state index in [0.717, 1.165) is 28.6 Å². The van der Waals surface area contributed by atoms with Crippen LogP contribution in [-0.2, 0) is 11.2 Å². The SMILES string of the molecule is CCCCc1nc2ccc(Br)cc2c(=O)n1N=Cc1ccc(OCC(=O)Nc2ccccc2)cc1. The third-order valence-electron chi connectivity index (χ3n) is 5.26. The van der Waals surface area contributed by atoms with E-state index in [1.165, 1.54) is 4.68 Å². The van der Waals surface area contributed by atoms with Gasteiger partial charge in [-0.25, -0.2) is 4.98 Å². The molecule has 3 aromatic carbocycles. The molecule has 0 atom stereocenters. The van der Waals surface area contributed by atoms with E-state index in [4.69, 9.17) is 4.74 Å². The first-order chi connectivity index (χ1) is 17.0. The van der Waals surface area contributed by atoms with Gasteiger partial charge in [-0.3, -0.25) is 9.59 Å². The van der Waals surface area contributed by atoms with Gasteiger partial charge in [0.1, 0.15) is 11.6 Å². The van der Waals surface area contributed by atoms with E-state index in [0.29, 0.717) is 28.9 Å². The number of halogens is 1. The van der Waals surface area contributed by atoms with Gasteiger partial charge in [0.2, 0.25) is 0 Å². The summed E-state index contributed by atoms with van der Waals surface area (Å²) in [5.74, 6) is 0.951. The molecule has 178 valence electrons. The molecule has 1 heterocycles. The van der Waals surface area contributed by atoms with Crippen LogP contribution in [0, 0.1) is 0 Å². The average molecular weight is 533 g/mol. The number of carbonyl (C=O) groups excluding carboxylic acids is 1. The zero-order valence-corrected chi connectivity index (χ0v) is 20.9. The lowest BCUT2D eigenvalue weighted by Crippen LogP contribution is -2.22. The maximum Gasteiger partial charge on any atom is 0.282 e. The van der Waals surface area contributed by atoms with Gasteiger partial charge in [0.15, 0.2) is 6.61 Å². The van der Waals surface area contributed by atoms with Gasteiger partial charge in [-0.2, -0.15) is 9.78 Å². The lowest BCUT2D eigenvalue weighted by Gasteiger charge is -2.09. The number of ether oxygens (including phenoxy) is 1. The number of fused-ring (bicyclic) bond motifs is 1. The van der Waals surface area contributed by atoms with E-state index in [2.05, 4.69) is 38.3 Å². The van der Waals surface area contributed by atoms with Crippen LogP contribution in [0.15, 0.2) is 87.2 Å². The highest BCUT2D eigenvalue weighted by Crippen LogP contribution is 2.17. The Kier molecular flexibility index (Phi) is 8.05. The van der Waals surface area contributed by atoms with Gasteiger partial charge in [-0.1, -0.05) is 47.5 Å². The second kappa shape index (κ2) is 11.6. The minimum atomic E-state index is -0.240. The number of nitrogens with one attached hydrogen (secondary N) is 1. The molecule has 35 heavy (non-hydrogen) atoms. The maximum absolute atomic E-state index is 13.2. The van der Waals surface area contributed by atoms with Crippen molar-refractivity contribution in [1.29, 1.82) is 0 Å². The van der Waals surface area contributed by atoms with Crippen molar-refractivity contribution in [1.82, 2.24) is 9.66 Å². The van der Waals surface area contributed by atoms with Crippen LogP contribution in [0.25, 0.3) is 10.9 Å². The first-order valence-corrected chi connectivity index (χ1v) is 12.2. The lowest BCUT2D eigenvalue weighted by atomic mass is 10.2. The van der Waals surface area contributed by atoms with Crippen LogP contribution >= 0.6 is 15.9 Å². The van der Waals surface area contributed by atoms with Gasteiger partial charge >= 0.3 is 0 Å². The molecule has 0 spiro atoms. The molecule has 1 amide bonds. The Balaban J connectivity index is 1.47. The minimum Gasteiger partial charge on any atom is -0.484 e. The molecule has 1 N–H and O–H groups in total. The van der Waals surface area contributed by atoms with Crippen LogP contribution in [0.3, 0.4) is 0 Å². The summed E-state index contributed by atoms with van der Waals surface area (Å²) in [6, 6.07) is 21.8. The van der Waals surface area contributed by atoms with E-state index in [1.54, 1.807) is 24.4 Å². The first kappa shape index (κ1) is 24.3. The van der Waals surface area contributed by atoms with E-state index in [1.807, 2.05) is 54.6 Å². The number of aryl methyl sites for hydroxylation is 1. The van der Waals surface area contributed by atoms with E-state index < -0.39 is 0 Å². The van der Waals surface area contributed by atoms with Crippen molar-refractivity contribution < 1.29 is 9.53 Å². The van der Waals surface area contributed by atoms with Crippen molar-refractivity contribution in [3.63, 3.8) is 0 Å². The van der Waals surface area contributed by atoms with Crippen molar-refractivity contribution >= 4 is 44.6 Å². The molecule has 4 rings (SSSR count). The summed E-state index contributed by atoms with van der Waals surface area (Å²) in [4.78, 5) is 29.9. The van der Waals surface area contributed by atoms with Crippen molar-refractivity contribution in [2.75, 3.05) is 11.9 Å². The predicted molar refractivity (Wildman–Crippen MR) is 142 cm³/mol. The van der Waals surface area contributed by atoms with Crippen LogP contribution in [0.1, 0.15) is 31.2 Å². The number of carbonyl (C=O) groups is 1. The summed E-state index contributed by atoms with van der Waals surface area (Å²) in [6.45, 7) is 2.00. The van der Waals surface area contributed by atoms with Crippen molar-refractivity contribution in [2.45, 2.75) is 26.2 Å². The summed E-state index contributed by atoms with van der Waals surface area (Å²) >= 11 is 3.42. The third kappa shape index (κ3) is 6.42. The molecule has 0 aliphatic rings. The number of aromatic nitrogens is 2. The number of anilines is 1. The Morgan fingerprint density at radius 1 is 1.11 bits per heavy atom. The number of benzene rings is 3. The quantitative estimate of drug-likeness (QED) is 0.292. The van der Waals surface area contributed by atoms with Crippen molar-refractivity contribution in [3.05, 3.63) is 99.0 Å². The molecule has 0 fully saturated rings. The van der Waals surface area contributed by atoms with Crippen LogP contribution in [0.4, 0.5) is 5.69 Å². The monoisotopic (exact) mass is 532 g/mol. The Bertz CT molecular complexity index is 1400. The van der Waals surface area contributed by atoms with Crippen LogP contribution in [0.2, 0.25) is 0 Å². The van der Waals surface area contributed by atoms with Crippen LogP contribution < -0.4 is 15.6 Å². The summed E-state index contributed by atoms with van der Waals surface area (Å²) < 4.78 is 7.76. The smallest absolute Gasteiger partial charge is 0.282 e. The molecule has 0 radical (unpaired) electrons. The highest BCUT2D eigenvalue weighted by atomic mass is 79.9. The lowest BCUT2D eigenvalue weighted by molar-refractivity contribution is -0.118. The summed E-state index contributed by atoms with van der Waals surface area (Å²) in [7, 11) is 0. The van der Waals surface area contributed by atoms with Crippen molar-refractivity contribution in [2.24, 2.45) is 5.10 Å².